The van der Waals surface area contributed by atoms with Crippen molar-refractivity contribution >= 4 is 23.5 Å². The summed E-state index contributed by atoms with van der Waals surface area (Å²) in [5, 5.41) is 13.3. The Morgan fingerprint density at radius 2 is 2.00 bits per heavy atom. The van der Waals surface area contributed by atoms with Gasteiger partial charge in [0.05, 0.1) is 12.2 Å². The van der Waals surface area contributed by atoms with E-state index in [1.165, 1.54) is 30.0 Å². The van der Waals surface area contributed by atoms with Crippen LogP contribution in [0.15, 0.2) is 52.4 Å². The molecule has 9 heteroatoms. The lowest BCUT2D eigenvalue weighted by molar-refractivity contribution is -0.116. The average molecular weight is 456 g/mol. The molecule has 4 rings (SSSR count). The molecule has 1 aromatic heterocycles. The minimum absolute atomic E-state index is 0.00495. The van der Waals surface area contributed by atoms with Crippen molar-refractivity contribution < 1.29 is 19.0 Å². The van der Waals surface area contributed by atoms with Crippen molar-refractivity contribution in [1.29, 1.82) is 0 Å². The van der Waals surface area contributed by atoms with Gasteiger partial charge in [-0.15, -0.1) is 0 Å². The van der Waals surface area contributed by atoms with Crippen LogP contribution in [0.3, 0.4) is 0 Å². The third-order valence-corrected chi connectivity index (χ3v) is 6.37. The van der Waals surface area contributed by atoms with E-state index in [0.29, 0.717) is 40.2 Å². The molecule has 0 spiro atoms. The van der Waals surface area contributed by atoms with Gasteiger partial charge in [0.25, 0.3) is 5.56 Å². The number of anilines is 1. The third-order valence-electron chi connectivity index (χ3n) is 5.27. The molecule has 0 bridgehead atoms. The Bertz CT molecular complexity index is 1230. The van der Waals surface area contributed by atoms with E-state index in [2.05, 4.69) is 10.3 Å². The molecule has 1 aliphatic heterocycles. The Labute approximate surface area is 188 Å². The highest BCUT2D eigenvalue weighted by Crippen LogP contribution is 2.39. The lowest BCUT2D eigenvalue weighted by atomic mass is 9.86. The number of fused-ring (bicyclic) bond motifs is 1. The van der Waals surface area contributed by atoms with Gasteiger partial charge < -0.3 is 19.7 Å². The maximum absolute atomic E-state index is 13.1. The van der Waals surface area contributed by atoms with Crippen LogP contribution in [0.2, 0.25) is 0 Å². The van der Waals surface area contributed by atoms with E-state index in [1.807, 2.05) is 0 Å². The molecule has 2 aromatic carbocycles. The minimum atomic E-state index is -0.513. The summed E-state index contributed by atoms with van der Waals surface area (Å²) in [7, 11) is 1.74. The zero-order valence-corrected chi connectivity index (χ0v) is 18.4. The van der Waals surface area contributed by atoms with Crippen LogP contribution in [0.4, 0.5) is 10.2 Å². The van der Waals surface area contributed by atoms with Crippen molar-refractivity contribution in [1.82, 2.24) is 9.55 Å². The number of aromatic hydroxyl groups is 1. The highest BCUT2D eigenvalue weighted by Gasteiger charge is 2.32. The van der Waals surface area contributed by atoms with Gasteiger partial charge in [-0.3, -0.25) is 9.59 Å². The standard InChI is InChI=1S/C23H22FN3O4S/c1-3-31-18-10-14(6-9-17(18)28)16-11-19(29)25-21-20(16)22(30)26-23(27(21)2)32-12-13-4-7-15(24)8-5-13/h4-10,16,28H,3,11-12H2,1-2H3,(H,25,29)/t16-/m0/s1. The molecule has 0 unspecified atom stereocenters. The Kier molecular flexibility index (Phi) is 6.18. The van der Waals surface area contributed by atoms with Crippen molar-refractivity contribution in [2.24, 2.45) is 7.05 Å². The van der Waals surface area contributed by atoms with E-state index in [9.17, 15) is 19.1 Å². The number of rotatable bonds is 6. The number of hydrogen-bond donors (Lipinski definition) is 2. The second kappa shape index (κ2) is 9.04. The van der Waals surface area contributed by atoms with Crippen LogP contribution in [0.1, 0.15) is 36.0 Å². The maximum Gasteiger partial charge on any atom is 0.279 e. The molecule has 3 aromatic rings. The predicted octanol–water partition coefficient (Wildman–Crippen LogP) is 3.79. The zero-order chi connectivity index (χ0) is 22.8. The number of ether oxygens (including phenoxy) is 1. The van der Waals surface area contributed by atoms with Crippen molar-refractivity contribution in [3.05, 3.63) is 75.3 Å². The van der Waals surface area contributed by atoms with E-state index >= 15 is 0 Å². The van der Waals surface area contributed by atoms with Gasteiger partial charge in [0.15, 0.2) is 16.7 Å². The summed E-state index contributed by atoms with van der Waals surface area (Å²) in [6.45, 7) is 2.18. The van der Waals surface area contributed by atoms with Gasteiger partial charge in [0.1, 0.15) is 11.6 Å². The molecule has 0 fully saturated rings. The summed E-state index contributed by atoms with van der Waals surface area (Å²) in [6.07, 6.45) is 0.0856. The van der Waals surface area contributed by atoms with Crippen molar-refractivity contribution in [2.75, 3.05) is 11.9 Å². The zero-order valence-electron chi connectivity index (χ0n) is 17.6. The van der Waals surface area contributed by atoms with Crippen LogP contribution in [0.25, 0.3) is 0 Å². The predicted molar refractivity (Wildman–Crippen MR) is 120 cm³/mol. The van der Waals surface area contributed by atoms with Crippen LogP contribution in [-0.4, -0.2) is 27.2 Å². The molecule has 1 amide bonds. The van der Waals surface area contributed by atoms with E-state index < -0.39 is 11.5 Å². The maximum atomic E-state index is 13.1. The van der Waals surface area contributed by atoms with E-state index in [1.54, 1.807) is 42.8 Å². The summed E-state index contributed by atoms with van der Waals surface area (Å²) in [4.78, 5) is 29.8. The fourth-order valence-electron chi connectivity index (χ4n) is 3.70. The molecule has 2 heterocycles. The Morgan fingerprint density at radius 1 is 1.25 bits per heavy atom. The van der Waals surface area contributed by atoms with Gasteiger partial charge in [-0.25, -0.2) is 4.39 Å². The first-order valence-electron chi connectivity index (χ1n) is 10.1. The number of hydrogen-bond acceptors (Lipinski definition) is 6. The first-order chi connectivity index (χ1) is 15.4. The molecule has 166 valence electrons. The number of aromatic nitrogens is 2. The SMILES string of the molecule is CCOc1cc([C@@H]2CC(=O)Nc3c2c(=O)nc(SCc2ccc(F)cc2)n3C)ccc1O. The van der Waals surface area contributed by atoms with Gasteiger partial charge in [-0.05, 0) is 42.3 Å². The molecular weight excluding hydrogens is 433 g/mol. The van der Waals surface area contributed by atoms with E-state index in [-0.39, 0.29) is 23.9 Å². The number of phenols is 1. The molecule has 1 atom stereocenters. The quantitative estimate of drug-likeness (QED) is 0.434. The normalized spacial score (nSPS) is 15.2. The minimum Gasteiger partial charge on any atom is -0.504 e. The molecule has 32 heavy (non-hydrogen) atoms. The second-order valence-corrected chi connectivity index (χ2v) is 8.34. The van der Waals surface area contributed by atoms with Crippen LogP contribution >= 0.6 is 11.8 Å². The first kappa shape index (κ1) is 21.9. The molecule has 0 saturated carbocycles. The fraction of sp³-hybridized carbons (Fsp3) is 0.261. The average Bonchev–Trinajstić information content (AvgIpc) is 2.77. The monoisotopic (exact) mass is 455 g/mol. The van der Waals surface area contributed by atoms with Crippen molar-refractivity contribution in [3.8, 4) is 11.5 Å². The van der Waals surface area contributed by atoms with Gasteiger partial charge in [0.2, 0.25) is 5.91 Å². The number of thioether (sulfide) groups is 1. The van der Waals surface area contributed by atoms with E-state index in [4.69, 9.17) is 4.74 Å². The van der Waals surface area contributed by atoms with E-state index in [0.717, 1.165) is 5.56 Å². The lowest BCUT2D eigenvalue weighted by Gasteiger charge is -2.27. The van der Waals surface area contributed by atoms with Crippen LogP contribution in [-0.2, 0) is 17.6 Å². The fourth-order valence-corrected chi connectivity index (χ4v) is 4.62. The summed E-state index contributed by atoms with van der Waals surface area (Å²) in [5.74, 6) is 0.146. The number of nitrogens with zero attached hydrogens (tertiary/aromatic N) is 2. The largest absolute Gasteiger partial charge is 0.504 e. The molecule has 0 aliphatic carbocycles. The Hall–Kier alpha value is -3.33. The van der Waals surface area contributed by atoms with Gasteiger partial charge in [-0.1, -0.05) is 30.0 Å². The smallest absolute Gasteiger partial charge is 0.279 e. The Morgan fingerprint density at radius 3 is 2.72 bits per heavy atom. The highest BCUT2D eigenvalue weighted by atomic mass is 32.2. The number of benzene rings is 2. The molecule has 1 aliphatic rings. The van der Waals surface area contributed by atoms with Crippen LogP contribution in [0, 0.1) is 5.82 Å². The van der Waals surface area contributed by atoms with Gasteiger partial charge >= 0.3 is 0 Å². The number of halogens is 1. The molecular formula is C23H22FN3O4S. The van der Waals surface area contributed by atoms with Crippen LogP contribution < -0.4 is 15.6 Å². The number of nitrogens with one attached hydrogen (secondary N) is 1. The van der Waals surface area contributed by atoms with Crippen molar-refractivity contribution in [2.45, 2.75) is 30.2 Å². The third kappa shape index (κ3) is 4.34. The number of phenolic OH excluding ortho intramolecular Hbond substituents is 1. The molecule has 0 radical (unpaired) electrons. The molecule has 7 nitrogen and oxygen atoms in total. The molecule has 2 N–H and O–H groups in total. The van der Waals surface area contributed by atoms with Gasteiger partial charge in [-0.2, -0.15) is 4.98 Å². The molecule has 0 saturated heterocycles. The topological polar surface area (TPSA) is 93.5 Å². The summed E-state index contributed by atoms with van der Waals surface area (Å²) in [5.41, 5.74) is 1.55. The number of amides is 1. The van der Waals surface area contributed by atoms with Crippen LogP contribution in [0.5, 0.6) is 11.5 Å². The summed E-state index contributed by atoms with van der Waals surface area (Å²) < 4.78 is 20.3. The second-order valence-electron chi connectivity index (χ2n) is 7.40. The lowest BCUT2D eigenvalue weighted by Crippen LogP contribution is -2.33. The van der Waals surface area contributed by atoms with Crippen molar-refractivity contribution in [3.63, 3.8) is 0 Å². The first-order valence-corrected chi connectivity index (χ1v) is 11.1. The number of carbonyl (C=O) groups is 1. The van der Waals surface area contributed by atoms with Gasteiger partial charge in [0, 0.05) is 25.1 Å². The highest BCUT2D eigenvalue weighted by molar-refractivity contribution is 7.98. The Balaban J connectivity index is 1.70. The summed E-state index contributed by atoms with van der Waals surface area (Å²) in [6, 6.07) is 11.0. The number of carbonyl (C=O) groups excluding carboxylic acids is 1. The summed E-state index contributed by atoms with van der Waals surface area (Å²) >= 11 is 1.33.